The molecular formula is C17H24N4O2. The van der Waals surface area contributed by atoms with E-state index in [4.69, 9.17) is 0 Å². The SMILES string of the molecule is CCCC1CC(C(=O)Nc2cccc(N3CCCC3=O)c2)NN1. The minimum atomic E-state index is -0.219. The number of rotatable bonds is 5. The topological polar surface area (TPSA) is 73.5 Å². The van der Waals surface area contributed by atoms with Crippen LogP contribution < -0.4 is 21.1 Å². The molecule has 3 rings (SSSR count). The summed E-state index contributed by atoms with van der Waals surface area (Å²) in [6, 6.07) is 7.64. The van der Waals surface area contributed by atoms with Crippen LogP contribution in [-0.2, 0) is 9.59 Å². The van der Waals surface area contributed by atoms with Gasteiger partial charge in [0, 0.05) is 30.4 Å². The second-order valence-corrected chi connectivity index (χ2v) is 6.25. The van der Waals surface area contributed by atoms with E-state index in [1.165, 1.54) is 0 Å². The molecule has 2 aliphatic rings. The molecular weight excluding hydrogens is 292 g/mol. The van der Waals surface area contributed by atoms with Gasteiger partial charge in [-0.2, -0.15) is 0 Å². The number of hydrazine groups is 1. The van der Waals surface area contributed by atoms with Crippen LogP contribution in [0, 0.1) is 0 Å². The standard InChI is InChI=1S/C17H24N4O2/c1-2-5-13-11-15(20-19-13)17(23)18-12-6-3-7-14(10-12)21-9-4-8-16(21)22/h3,6-7,10,13,15,19-20H,2,4-5,8-9,11H2,1H3,(H,18,23). The monoisotopic (exact) mass is 316 g/mol. The van der Waals surface area contributed by atoms with Crippen LogP contribution >= 0.6 is 0 Å². The molecule has 2 heterocycles. The third-order valence-corrected chi connectivity index (χ3v) is 4.43. The lowest BCUT2D eigenvalue weighted by atomic mass is 10.1. The average molecular weight is 316 g/mol. The van der Waals surface area contributed by atoms with Gasteiger partial charge in [0.1, 0.15) is 6.04 Å². The molecule has 1 aromatic rings. The smallest absolute Gasteiger partial charge is 0.242 e. The van der Waals surface area contributed by atoms with E-state index in [0.717, 1.165) is 43.6 Å². The molecule has 3 N–H and O–H groups in total. The Morgan fingerprint density at radius 1 is 1.39 bits per heavy atom. The van der Waals surface area contributed by atoms with Crippen molar-refractivity contribution in [2.45, 2.75) is 51.1 Å². The molecule has 6 nitrogen and oxygen atoms in total. The van der Waals surface area contributed by atoms with Gasteiger partial charge in [-0.05, 0) is 37.5 Å². The fourth-order valence-corrected chi connectivity index (χ4v) is 3.23. The van der Waals surface area contributed by atoms with E-state index in [1.807, 2.05) is 24.3 Å². The zero-order valence-corrected chi connectivity index (χ0v) is 13.5. The van der Waals surface area contributed by atoms with Crippen molar-refractivity contribution in [2.24, 2.45) is 0 Å². The third-order valence-electron chi connectivity index (χ3n) is 4.43. The van der Waals surface area contributed by atoms with Crippen molar-refractivity contribution in [1.29, 1.82) is 0 Å². The molecule has 23 heavy (non-hydrogen) atoms. The number of nitrogens with one attached hydrogen (secondary N) is 3. The van der Waals surface area contributed by atoms with Crippen molar-refractivity contribution in [2.75, 3.05) is 16.8 Å². The van der Waals surface area contributed by atoms with Gasteiger partial charge in [0.2, 0.25) is 11.8 Å². The summed E-state index contributed by atoms with van der Waals surface area (Å²) < 4.78 is 0. The number of carbonyl (C=O) groups excluding carboxylic acids is 2. The van der Waals surface area contributed by atoms with Gasteiger partial charge in [0.05, 0.1) is 0 Å². The van der Waals surface area contributed by atoms with Crippen LogP contribution in [0.4, 0.5) is 11.4 Å². The molecule has 2 unspecified atom stereocenters. The van der Waals surface area contributed by atoms with Gasteiger partial charge in [0.15, 0.2) is 0 Å². The maximum absolute atomic E-state index is 12.4. The van der Waals surface area contributed by atoms with Gasteiger partial charge in [0.25, 0.3) is 0 Å². The molecule has 124 valence electrons. The first kappa shape index (κ1) is 16.0. The molecule has 0 bridgehead atoms. The Morgan fingerprint density at radius 3 is 3.00 bits per heavy atom. The second kappa shape index (κ2) is 7.10. The Kier molecular flexibility index (Phi) is 4.93. The lowest BCUT2D eigenvalue weighted by Gasteiger charge is -2.17. The van der Waals surface area contributed by atoms with Gasteiger partial charge >= 0.3 is 0 Å². The van der Waals surface area contributed by atoms with Crippen molar-refractivity contribution < 1.29 is 9.59 Å². The van der Waals surface area contributed by atoms with Crippen LogP contribution in [0.3, 0.4) is 0 Å². The summed E-state index contributed by atoms with van der Waals surface area (Å²) >= 11 is 0. The average Bonchev–Trinajstić information content (AvgIpc) is 3.17. The maximum atomic E-state index is 12.4. The Labute approximate surface area is 136 Å². The number of hydrogen-bond donors (Lipinski definition) is 3. The summed E-state index contributed by atoms with van der Waals surface area (Å²) in [4.78, 5) is 26.0. The molecule has 2 atom stereocenters. The Morgan fingerprint density at radius 2 is 2.26 bits per heavy atom. The summed E-state index contributed by atoms with van der Waals surface area (Å²) in [5, 5.41) is 2.95. The summed E-state index contributed by atoms with van der Waals surface area (Å²) in [5.74, 6) is 0.110. The number of nitrogens with zero attached hydrogens (tertiary/aromatic N) is 1. The van der Waals surface area contributed by atoms with Crippen LogP contribution in [0.1, 0.15) is 39.0 Å². The molecule has 0 spiro atoms. The fourth-order valence-electron chi connectivity index (χ4n) is 3.23. The zero-order chi connectivity index (χ0) is 16.2. The predicted molar refractivity (Wildman–Crippen MR) is 90.0 cm³/mol. The van der Waals surface area contributed by atoms with Crippen molar-refractivity contribution in [1.82, 2.24) is 10.9 Å². The normalized spacial score (nSPS) is 24.2. The van der Waals surface area contributed by atoms with E-state index < -0.39 is 0 Å². The maximum Gasteiger partial charge on any atom is 0.242 e. The molecule has 2 fully saturated rings. The van der Waals surface area contributed by atoms with Crippen LogP contribution in [0.2, 0.25) is 0 Å². The molecule has 2 amide bonds. The quantitative estimate of drug-likeness (QED) is 0.774. The highest BCUT2D eigenvalue weighted by Crippen LogP contribution is 2.24. The van der Waals surface area contributed by atoms with Crippen LogP contribution in [-0.4, -0.2) is 30.4 Å². The minimum absolute atomic E-state index is 0.0407. The van der Waals surface area contributed by atoms with E-state index in [-0.39, 0.29) is 17.9 Å². The summed E-state index contributed by atoms with van der Waals surface area (Å²) in [7, 11) is 0. The summed E-state index contributed by atoms with van der Waals surface area (Å²) in [6.45, 7) is 2.89. The van der Waals surface area contributed by atoms with E-state index in [0.29, 0.717) is 12.5 Å². The lowest BCUT2D eigenvalue weighted by molar-refractivity contribution is -0.118. The van der Waals surface area contributed by atoms with E-state index in [1.54, 1.807) is 4.90 Å². The van der Waals surface area contributed by atoms with Crippen molar-refractivity contribution in [3.8, 4) is 0 Å². The lowest BCUT2D eigenvalue weighted by Crippen LogP contribution is -2.40. The first-order valence-corrected chi connectivity index (χ1v) is 8.39. The van der Waals surface area contributed by atoms with E-state index >= 15 is 0 Å². The zero-order valence-electron chi connectivity index (χ0n) is 13.5. The fraction of sp³-hybridized carbons (Fsp3) is 0.529. The van der Waals surface area contributed by atoms with Crippen LogP contribution in [0.5, 0.6) is 0 Å². The summed E-state index contributed by atoms with van der Waals surface area (Å²) in [6.07, 6.45) is 4.45. The Bertz CT molecular complexity index is 590. The van der Waals surface area contributed by atoms with E-state index in [2.05, 4.69) is 23.1 Å². The molecule has 2 aliphatic heterocycles. The second-order valence-electron chi connectivity index (χ2n) is 6.25. The Balaban J connectivity index is 1.62. The molecule has 6 heteroatoms. The molecule has 0 aromatic heterocycles. The van der Waals surface area contributed by atoms with Gasteiger partial charge < -0.3 is 10.2 Å². The Hall–Kier alpha value is -1.92. The number of anilines is 2. The van der Waals surface area contributed by atoms with Crippen molar-refractivity contribution in [3.63, 3.8) is 0 Å². The molecule has 1 aromatic carbocycles. The third kappa shape index (κ3) is 3.71. The highest BCUT2D eigenvalue weighted by molar-refractivity contribution is 5.98. The van der Waals surface area contributed by atoms with Crippen molar-refractivity contribution in [3.05, 3.63) is 24.3 Å². The molecule has 0 radical (unpaired) electrons. The number of amides is 2. The van der Waals surface area contributed by atoms with Crippen molar-refractivity contribution >= 4 is 23.2 Å². The highest BCUT2D eigenvalue weighted by atomic mass is 16.2. The first-order chi connectivity index (χ1) is 11.2. The summed E-state index contributed by atoms with van der Waals surface area (Å²) in [5.41, 5.74) is 7.82. The predicted octanol–water partition coefficient (Wildman–Crippen LogP) is 1.79. The van der Waals surface area contributed by atoms with Crippen LogP contribution in [0.15, 0.2) is 24.3 Å². The van der Waals surface area contributed by atoms with Gasteiger partial charge in [-0.25, -0.2) is 5.43 Å². The largest absolute Gasteiger partial charge is 0.325 e. The van der Waals surface area contributed by atoms with Gasteiger partial charge in [-0.3, -0.25) is 15.0 Å². The van der Waals surface area contributed by atoms with Gasteiger partial charge in [-0.1, -0.05) is 19.4 Å². The number of carbonyl (C=O) groups is 2. The number of hydrogen-bond acceptors (Lipinski definition) is 4. The molecule has 0 aliphatic carbocycles. The van der Waals surface area contributed by atoms with Crippen LogP contribution in [0.25, 0.3) is 0 Å². The number of benzene rings is 1. The first-order valence-electron chi connectivity index (χ1n) is 8.39. The van der Waals surface area contributed by atoms with Gasteiger partial charge in [-0.15, -0.1) is 0 Å². The highest BCUT2D eigenvalue weighted by Gasteiger charge is 2.28. The van der Waals surface area contributed by atoms with E-state index in [9.17, 15) is 9.59 Å². The minimum Gasteiger partial charge on any atom is -0.325 e. The molecule has 0 saturated carbocycles. The molecule has 2 saturated heterocycles.